The van der Waals surface area contributed by atoms with Gasteiger partial charge >= 0.3 is 0 Å². The second-order valence-electron chi connectivity index (χ2n) is 7.62. The van der Waals surface area contributed by atoms with E-state index in [1.165, 1.54) is 0 Å². The van der Waals surface area contributed by atoms with Gasteiger partial charge in [-0.2, -0.15) is 0 Å². The van der Waals surface area contributed by atoms with Gasteiger partial charge in [0.1, 0.15) is 6.10 Å². The van der Waals surface area contributed by atoms with E-state index >= 15 is 0 Å². The second-order valence-corrected chi connectivity index (χ2v) is 8.03. The lowest BCUT2D eigenvalue weighted by Gasteiger charge is -2.16. The predicted octanol–water partition coefficient (Wildman–Crippen LogP) is 4.19. The van der Waals surface area contributed by atoms with Crippen LogP contribution in [0.5, 0.6) is 0 Å². The van der Waals surface area contributed by atoms with Crippen LogP contribution in [0.25, 0.3) is 0 Å². The minimum Gasteiger partial charge on any atom is -0.369 e. The van der Waals surface area contributed by atoms with Crippen LogP contribution in [0.4, 0.5) is 4.39 Å². The minimum absolute atomic E-state index is 0.0861. The fraction of sp³-hybridized carbons (Fsp3) is 0.632. The fourth-order valence-corrected chi connectivity index (χ4v) is 3.33. The Morgan fingerprint density at radius 2 is 2.08 bits per heavy atom. The molecule has 1 aliphatic rings. The Morgan fingerprint density at radius 3 is 2.62 bits per heavy atom. The summed E-state index contributed by atoms with van der Waals surface area (Å²) in [6, 6.07) is 3.86. The average Bonchev–Trinajstić information content (AvgIpc) is 2.69. The maximum atomic E-state index is 13.2. The van der Waals surface area contributed by atoms with Crippen LogP contribution in [-0.4, -0.2) is 29.5 Å². The molecule has 1 aromatic rings. The molecule has 5 heteroatoms. The van der Waals surface area contributed by atoms with E-state index in [-0.39, 0.29) is 12.2 Å². The van der Waals surface area contributed by atoms with Gasteiger partial charge in [0.05, 0.1) is 6.61 Å². The molecule has 0 aliphatic carbocycles. The molecule has 0 saturated carbocycles. The number of hydrogen-bond acceptors (Lipinski definition) is 3. The van der Waals surface area contributed by atoms with Crippen LogP contribution in [-0.2, 0) is 22.4 Å². The van der Waals surface area contributed by atoms with Crippen molar-refractivity contribution in [3.05, 3.63) is 33.8 Å². The van der Waals surface area contributed by atoms with Crippen molar-refractivity contribution in [2.24, 2.45) is 5.41 Å². The summed E-state index contributed by atoms with van der Waals surface area (Å²) < 4.78 is 18.8. The maximum absolute atomic E-state index is 13.2. The highest BCUT2D eigenvalue weighted by Crippen LogP contribution is 2.32. The van der Waals surface area contributed by atoms with Crippen LogP contribution in [0.15, 0.2) is 12.1 Å². The number of carbonyl (C=O) groups excluding carboxylic acids is 1. The SMILES string of the molecule is Cc1cc(Cl)c(CC2OCC(C)(C)C2=O)cc1CCCC(C)(O)F. The molecule has 0 spiro atoms. The zero-order chi connectivity index (χ0) is 18.1. The molecule has 0 amide bonds. The van der Waals surface area contributed by atoms with Crippen LogP contribution in [0.3, 0.4) is 0 Å². The third-order valence-corrected chi connectivity index (χ3v) is 4.95. The molecular weight excluding hydrogens is 331 g/mol. The quantitative estimate of drug-likeness (QED) is 0.831. The Morgan fingerprint density at radius 1 is 1.42 bits per heavy atom. The number of alkyl halides is 1. The van der Waals surface area contributed by atoms with E-state index in [0.717, 1.165) is 23.6 Å². The normalized spacial score (nSPS) is 22.6. The van der Waals surface area contributed by atoms with Crippen molar-refractivity contribution >= 4 is 17.4 Å². The van der Waals surface area contributed by atoms with Crippen LogP contribution in [0, 0.1) is 12.3 Å². The molecule has 1 fully saturated rings. The van der Waals surface area contributed by atoms with Crippen LogP contribution >= 0.6 is 11.6 Å². The fourth-order valence-electron chi connectivity index (χ4n) is 3.04. The van der Waals surface area contributed by atoms with Gasteiger partial charge in [0.15, 0.2) is 5.78 Å². The van der Waals surface area contributed by atoms with Gasteiger partial charge < -0.3 is 9.84 Å². The van der Waals surface area contributed by atoms with Crippen molar-refractivity contribution in [1.29, 1.82) is 0 Å². The Hall–Kier alpha value is -0.970. The number of hydrogen-bond donors (Lipinski definition) is 1. The molecule has 24 heavy (non-hydrogen) atoms. The van der Waals surface area contributed by atoms with E-state index in [2.05, 4.69) is 0 Å². The van der Waals surface area contributed by atoms with Crippen molar-refractivity contribution in [3.8, 4) is 0 Å². The van der Waals surface area contributed by atoms with Gasteiger partial charge in [-0.3, -0.25) is 4.79 Å². The number of ether oxygens (including phenoxy) is 1. The molecule has 1 aliphatic heterocycles. The van der Waals surface area contributed by atoms with Crippen LogP contribution < -0.4 is 0 Å². The third-order valence-electron chi connectivity index (χ3n) is 4.59. The van der Waals surface area contributed by atoms with Gasteiger partial charge in [-0.25, -0.2) is 4.39 Å². The summed E-state index contributed by atoms with van der Waals surface area (Å²) in [6.45, 7) is 7.33. The molecular formula is C19H26ClFO3. The standard InChI is InChI=1S/C19H26ClFO3/c1-12-8-15(20)14(9-13(12)6-5-7-19(4,21)23)10-16-17(22)18(2,3)11-24-16/h8-9,16,23H,5-7,10-11H2,1-4H3. The van der Waals surface area contributed by atoms with Crippen LogP contribution in [0.1, 0.15) is 50.3 Å². The summed E-state index contributed by atoms with van der Waals surface area (Å²) in [5.74, 6) is -2.03. The number of aryl methyl sites for hydroxylation is 2. The topological polar surface area (TPSA) is 46.5 Å². The van der Waals surface area contributed by atoms with E-state index in [0.29, 0.717) is 30.9 Å². The Balaban J connectivity index is 2.10. The Kier molecular flexibility index (Phi) is 5.73. The number of halogens is 2. The molecule has 2 rings (SSSR count). The number of aliphatic hydroxyl groups is 1. The molecule has 2 unspecified atom stereocenters. The first-order valence-electron chi connectivity index (χ1n) is 8.35. The number of rotatable bonds is 6. The largest absolute Gasteiger partial charge is 0.369 e. The molecule has 0 aromatic heterocycles. The number of Topliss-reactive ketones (excluding diaryl/α,β-unsaturated/α-hetero) is 1. The van der Waals surface area contributed by atoms with Gasteiger partial charge in [0.25, 0.3) is 0 Å². The van der Waals surface area contributed by atoms with Crippen molar-refractivity contribution in [1.82, 2.24) is 0 Å². The van der Waals surface area contributed by atoms with E-state index < -0.39 is 17.4 Å². The van der Waals surface area contributed by atoms with Crippen molar-refractivity contribution in [2.45, 2.75) is 65.3 Å². The molecule has 3 nitrogen and oxygen atoms in total. The lowest BCUT2D eigenvalue weighted by atomic mass is 9.87. The summed E-state index contributed by atoms with van der Waals surface area (Å²) in [5, 5.41) is 9.81. The van der Waals surface area contributed by atoms with E-state index in [9.17, 15) is 14.3 Å². The first-order chi connectivity index (χ1) is 11.0. The molecule has 1 saturated heterocycles. The maximum Gasteiger partial charge on any atom is 0.203 e. The summed E-state index contributed by atoms with van der Waals surface area (Å²) in [6.07, 6.45) is 1.27. The monoisotopic (exact) mass is 356 g/mol. The smallest absolute Gasteiger partial charge is 0.203 e. The van der Waals surface area contributed by atoms with Gasteiger partial charge in [-0.1, -0.05) is 31.5 Å². The first-order valence-corrected chi connectivity index (χ1v) is 8.72. The van der Waals surface area contributed by atoms with Gasteiger partial charge in [0, 0.05) is 23.3 Å². The van der Waals surface area contributed by atoms with E-state index in [1.54, 1.807) is 0 Å². The lowest BCUT2D eigenvalue weighted by Crippen LogP contribution is -2.28. The summed E-state index contributed by atoms with van der Waals surface area (Å²) in [7, 11) is 0. The van der Waals surface area contributed by atoms with Crippen molar-refractivity contribution in [2.75, 3.05) is 6.61 Å². The molecule has 1 N–H and O–H groups in total. The van der Waals surface area contributed by atoms with E-state index in [4.69, 9.17) is 16.3 Å². The van der Waals surface area contributed by atoms with Gasteiger partial charge in [-0.05, 0) is 49.4 Å². The Bertz CT molecular complexity index is 620. The molecule has 1 aromatic carbocycles. The highest BCUT2D eigenvalue weighted by Gasteiger charge is 2.41. The van der Waals surface area contributed by atoms with Gasteiger partial charge in [-0.15, -0.1) is 0 Å². The molecule has 2 atom stereocenters. The second kappa shape index (κ2) is 7.11. The van der Waals surface area contributed by atoms with Crippen molar-refractivity contribution < 1.29 is 19.0 Å². The zero-order valence-corrected chi connectivity index (χ0v) is 15.5. The first kappa shape index (κ1) is 19.4. The molecule has 134 valence electrons. The summed E-state index contributed by atoms with van der Waals surface area (Å²) in [4.78, 5) is 12.3. The highest BCUT2D eigenvalue weighted by atomic mass is 35.5. The average molecular weight is 357 g/mol. The predicted molar refractivity (Wildman–Crippen MR) is 93.1 cm³/mol. The number of carbonyl (C=O) groups is 1. The lowest BCUT2D eigenvalue weighted by molar-refractivity contribution is -0.126. The Labute approximate surface area is 148 Å². The number of benzene rings is 1. The van der Waals surface area contributed by atoms with Crippen LogP contribution in [0.2, 0.25) is 5.02 Å². The summed E-state index contributed by atoms with van der Waals surface area (Å²) >= 11 is 6.34. The minimum atomic E-state index is -2.14. The zero-order valence-electron chi connectivity index (χ0n) is 14.8. The highest BCUT2D eigenvalue weighted by molar-refractivity contribution is 6.31. The molecule has 1 heterocycles. The third kappa shape index (κ3) is 4.78. The molecule has 0 radical (unpaired) electrons. The van der Waals surface area contributed by atoms with E-state index in [1.807, 2.05) is 32.9 Å². The van der Waals surface area contributed by atoms with Crippen molar-refractivity contribution in [3.63, 3.8) is 0 Å². The van der Waals surface area contributed by atoms with Gasteiger partial charge in [0.2, 0.25) is 5.85 Å². The number of ketones is 1. The molecule has 0 bridgehead atoms. The summed E-state index contributed by atoms with van der Waals surface area (Å²) in [5.41, 5.74) is 2.52.